The third-order valence-corrected chi connectivity index (χ3v) is 5.40. The van der Waals surface area contributed by atoms with E-state index in [1.165, 1.54) is 45.3 Å². The highest BCUT2D eigenvalue weighted by Crippen LogP contribution is 2.41. The molecule has 3 unspecified atom stereocenters. The molecule has 3 rings (SSSR count). The highest BCUT2D eigenvalue weighted by molar-refractivity contribution is 5.04. The normalized spacial score (nSPS) is 42.4. The molecular formula is C14H27N3. The van der Waals surface area contributed by atoms with E-state index in [4.69, 9.17) is 5.73 Å². The van der Waals surface area contributed by atoms with Crippen molar-refractivity contribution < 1.29 is 0 Å². The molecule has 1 saturated heterocycles. The van der Waals surface area contributed by atoms with Crippen molar-refractivity contribution in [3.05, 3.63) is 0 Å². The van der Waals surface area contributed by atoms with Gasteiger partial charge in [-0.25, -0.2) is 0 Å². The first-order chi connectivity index (χ1) is 8.14. The minimum absolute atomic E-state index is 0.283. The van der Waals surface area contributed by atoms with E-state index in [1.807, 2.05) is 0 Å². The first-order valence-electron chi connectivity index (χ1n) is 7.30. The second kappa shape index (κ2) is 4.22. The fourth-order valence-corrected chi connectivity index (χ4v) is 3.47. The van der Waals surface area contributed by atoms with Crippen LogP contribution in [0, 0.1) is 11.8 Å². The smallest absolute Gasteiger partial charge is 0.0467 e. The van der Waals surface area contributed by atoms with Crippen molar-refractivity contribution >= 4 is 0 Å². The van der Waals surface area contributed by atoms with Crippen LogP contribution in [0.25, 0.3) is 0 Å². The molecule has 3 atom stereocenters. The average molecular weight is 237 g/mol. The summed E-state index contributed by atoms with van der Waals surface area (Å²) in [6.45, 7) is 6.95. The van der Waals surface area contributed by atoms with Gasteiger partial charge in [0.05, 0.1) is 0 Å². The highest BCUT2D eigenvalue weighted by Gasteiger charge is 2.46. The van der Waals surface area contributed by atoms with Gasteiger partial charge in [0.15, 0.2) is 0 Å². The molecule has 0 aromatic heterocycles. The second-order valence-electron chi connectivity index (χ2n) is 6.73. The number of nitrogens with zero attached hydrogens (tertiary/aromatic N) is 2. The Morgan fingerprint density at radius 1 is 1.41 bits per heavy atom. The summed E-state index contributed by atoms with van der Waals surface area (Å²) in [4.78, 5) is 5.27. The molecule has 0 aromatic carbocycles. The molecule has 17 heavy (non-hydrogen) atoms. The highest BCUT2D eigenvalue weighted by atomic mass is 15.3. The maximum Gasteiger partial charge on any atom is 0.0467 e. The van der Waals surface area contributed by atoms with Gasteiger partial charge in [0.25, 0.3) is 0 Å². The van der Waals surface area contributed by atoms with E-state index in [-0.39, 0.29) is 5.54 Å². The zero-order chi connectivity index (χ0) is 12.0. The van der Waals surface area contributed by atoms with E-state index in [0.717, 1.165) is 24.4 Å². The van der Waals surface area contributed by atoms with E-state index < -0.39 is 0 Å². The fraction of sp³-hybridized carbons (Fsp3) is 1.00. The van der Waals surface area contributed by atoms with Gasteiger partial charge in [-0.1, -0.05) is 6.92 Å². The van der Waals surface area contributed by atoms with Gasteiger partial charge in [-0.2, -0.15) is 0 Å². The van der Waals surface area contributed by atoms with Crippen LogP contribution in [0.1, 0.15) is 32.6 Å². The summed E-state index contributed by atoms with van der Waals surface area (Å²) in [5.74, 6) is 1.90. The van der Waals surface area contributed by atoms with Crippen LogP contribution in [0.15, 0.2) is 0 Å². The van der Waals surface area contributed by atoms with Gasteiger partial charge in [-0.3, -0.25) is 9.80 Å². The van der Waals surface area contributed by atoms with Gasteiger partial charge in [-0.05, 0) is 44.6 Å². The Morgan fingerprint density at radius 3 is 2.65 bits per heavy atom. The molecule has 0 aromatic rings. The van der Waals surface area contributed by atoms with Gasteiger partial charge in [0, 0.05) is 37.8 Å². The number of likely N-dealkylation sites (tertiary alicyclic amines) is 1. The molecule has 3 fully saturated rings. The van der Waals surface area contributed by atoms with E-state index in [0.29, 0.717) is 0 Å². The van der Waals surface area contributed by atoms with Crippen LogP contribution in [-0.2, 0) is 0 Å². The summed E-state index contributed by atoms with van der Waals surface area (Å²) in [5, 5.41) is 0. The lowest BCUT2D eigenvalue weighted by atomic mass is 9.96. The van der Waals surface area contributed by atoms with Crippen LogP contribution in [0.2, 0.25) is 0 Å². The Labute approximate surface area is 105 Å². The van der Waals surface area contributed by atoms with Crippen LogP contribution in [0.5, 0.6) is 0 Å². The number of hydrogen-bond donors (Lipinski definition) is 1. The van der Waals surface area contributed by atoms with Crippen LogP contribution >= 0.6 is 0 Å². The van der Waals surface area contributed by atoms with Crippen LogP contribution in [-0.4, -0.2) is 54.6 Å². The van der Waals surface area contributed by atoms with Gasteiger partial charge in [0.2, 0.25) is 0 Å². The molecule has 0 spiro atoms. The second-order valence-corrected chi connectivity index (χ2v) is 6.73. The fourth-order valence-electron chi connectivity index (χ4n) is 3.47. The summed E-state index contributed by atoms with van der Waals surface area (Å²) in [7, 11) is 2.30. The summed E-state index contributed by atoms with van der Waals surface area (Å²) in [5.41, 5.74) is 6.40. The van der Waals surface area contributed by atoms with Crippen LogP contribution in [0.4, 0.5) is 0 Å². The molecule has 1 heterocycles. The topological polar surface area (TPSA) is 32.5 Å². The molecule has 2 aliphatic carbocycles. The van der Waals surface area contributed by atoms with E-state index in [1.54, 1.807) is 0 Å². The Kier molecular flexibility index (Phi) is 2.96. The maximum atomic E-state index is 6.11. The molecular weight excluding hydrogens is 210 g/mol. The van der Waals surface area contributed by atoms with Crippen molar-refractivity contribution in [1.29, 1.82) is 0 Å². The lowest BCUT2D eigenvalue weighted by Crippen LogP contribution is -2.54. The maximum absolute atomic E-state index is 6.11. The van der Waals surface area contributed by atoms with Gasteiger partial charge in [0.1, 0.15) is 0 Å². The molecule has 0 bridgehead atoms. The van der Waals surface area contributed by atoms with Crippen LogP contribution < -0.4 is 5.73 Å². The third kappa shape index (κ3) is 2.25. The number of likely N-dealkylation sites (N-methyl/N-ethyl adjacent to an activating group) is 1. The Bertz CT molecular complexity index is 289. The van der Waals surface area contributed by atoms with Gasteiger partial charge >= 0.3 is 0 Å². The first kappa shape index (κ1) is 11.9. The largest absolute Gasteiger partial charge is 0.329 e. The minimum Gasteiger partial charge on any atom is -0.329 e. The quantitative estimate of drug-likeness (QED) is 0.778. The Hall–Kier alpha value is -0.120. The van der Waals surface area contributed by atoms with E-state index in [2.05, 4.69) is 23.8 Å². The number of hydrogen-bond acceptors (Lipinski definition) is 3. The van der Waals surface area contributed by atoms with Gasteiger partial charge < -0.3 is 5.73 Å². The zero-order valence-corrected chi connectivity index (χ0v) is 11.4. The predicted molar refractivity (Wildman–Crippen MR) is 70.9 cm³/mol. The summed E-state index contributed by atoms with van der Waals surface area (Å²) >= 11 is 0. The molecule has 3 heteroatoms. The van der Waals surface area contributed by atoms with Crippen molar-refractivity contribution in [2.75, 3.05) is 33.2 Å². The minimum atomic E-state index is 0.283. The SMILES string of the molecule is CC1CC1CN(C)C1(CN)CCN(C2CC2)C1. The van der Waals surface area contributed by atoms with Gasteiger partial charge in [-0.15, -0.1) is 0 Å². The van der Waals surface area contributed by atoms with E-state index in [9.17, 15) is 0 Å². The molecule has 3 nitrogen and oxygen atoms in total. The van der Waals surface area contributed by atoms with E-state index >= 15 is 0 Å². The van der Waals surface area contributed by atoms with Crippen molar-refractivity contribution in [3.63, 3.8) is 0 Å². The third-order valence-electron chi connectivity index (χ3n) is 5.40. The van der Waals surface area contributed by atoms with Crippen molar-refractivity contribution in [2.45, 2.75) is 44.2 Å². The number of rotatable bonds is 5. The molecule has 0 radical (unpaired) electrons. The zero-order valence-electron chi connectivity index (χ0n) is 11.4. The predicted octanol–water partition coefficient (Wildman–Crippen LogP) is 1.14. The Balaban J connectivity index is 1.60. The average Bonchev–Trinajstić information content (AvgIpc) is 3.22. The molecule has 98 valence electrons. The Morgan fingerprint density at radius 2 is 2.12 bits per heavy atom. The number of nitrogens with two attached hydrogens (primary N) is 1. The lowest BCUT2D eigenvalue weighted by Gasteiger charge is -2.38. The molecule has 2 saturated carbocycles. The van der Waals surface area contributed by atoms with Crippen molar-refractivity contribution in [3.8, 4) is 0 Å². The first-order valence-corrected chi connectivity index (χ1v) is 7.30. The monoisotopic (exact) mass is 237 g/mol. The van der Waals surface area contributed by atoms with Crippen LogP contribution in [0.3, 0.4) is 0 Å². The molecule has 1 aliphatic heterocycles. The summed E-state index contributed by atoms with van der Waals surface area (Å²) in [6, 6.07) is 0.900. The lowest BCUT2D eigenvalue weighted by molar-refractivity contribution is 0.121. The summed E-state index contributed by atoms with van der Waals surface area (Å²) < 4.78 is 0. The molecule has 2 N–H and O–H groups in total. The molecule has 3 aliphatic rings. The van der Waals surface area contributed by atoms with Crippen molar-refractivity contribution in [2.24, 2.45) is 17.6 Å². The standard InChI is InChI=1S/C14H27N3/c1-11-7-12(11)8-16(2)14(9-15)5-6-17(10-14)13-3-4-13/h11-13H,3-10,15H2,1-2H3. The molecule has 0 amide bonds. The summed E-state index contributed by atoms with van der Waals surface area (Å²) in [6.07, 6.45) is 5.54. The van der Waals surface area contributed by atoms with Crippen molar-refractivity contribution in [1.82, 2.24) is 9.80 Å².